The number of sulfonamides is 1. The first-order valence-corrected chi connectivity index (χ1v) is 11.4. The van der Waals surface area contributed by atoms with Crippen molar-refractivity contribution in [2.75, 3.05) is 26.2 Å². The van der Waals surface area contributed by atoms with Gasteiger partial charge in [0.15, 0.2) is 0 Å². The number of morpholine rings is 1. The summed E-state index contributed by atoms with van der Waals surface area (Å²) in [6, 6.07) is 15.6. The smallest absolute Gasteiger partial charge is 0.250 e. The normalized spacial score (nSPS) is 18.0. The molecule has 1 aliphatic rings. The third-order valence-electron chi connectivity index (χ3n) is 4.60. The van der Waals surface area contributed by atoms with Gasteiger partial charge in [-0.2, -0.15) is 4.31 Å². The van der Waals surface area contributed by atoms with Crippen LogP contribution in [-0.2, 0) is 19.6 Å². The number of hydrogen-bond acceptors (Lipinski definition) is 5. The molecule has 0 radical (unpaired) electrons. The summed E-state index contributed by atoms with van der Waals surface area (Å²) in [6.45, 7) is 4.13. The van der Waals surface area contributed by atoms with Gasteiger partial charge in [0, 0.05) is 13.1 Å². The molecule has 0 aliphatic carbocycles. The number of para-hydroxylation sites is 1. The summed E-state index contributed by atoms with van der Waals surface area (Å²) in [5.74, 6) is 0.307. The summed E-state index contributed by atoms with van der Waals surface area (Å²) in [5, 5.41) is 2.94. The molecular weight excluding hydrogens is 428 g/mol. The lowest BCUT2D eigenvalue weighted by Crippen LogP contribution is -2.53. The Bertz CT molecular complexity index is 982. The Labute approximate surface area is 182 Å². The van der Waals surface area contributed by atoms with E-state index in [1.54, 1.807) is 12.1 Å². The zero-order chi connectivity index (χ0) is 21.8. The van der Waals surface area contributed by atoms with Gasteiger partial charge < -0.3 is 14.8 Å². The number of nitrogens with zero attached hydrogens (tertiary/aromatic N) is 1. The summed E-state index contributed by atoms with van der Waals surface area (Å²) in [6.07, 6.45) is -0.913. The molecule has 1 saturated heterocycles. The lowest BCUT2D eigenvalue weighted by Gasteiger charge is -2.32. The van der Waals surface area contributed by atoms with Crippen molar-refractivity contribution in [1.29, 1.82) is 0 Å². The van der Waals surface area contributed by atoms with Gasteiger partial charge in [-0.25, -0.2) is 8.42 Å². The Balaban J connectivity index is 1.61. The molecule has 1 N–H and O–H groups in total. The summed E-state index contributed by atoms with van der Waals surface area (Å²) < 4.78 is 38.5. The largest absolute Gasteiger partial charge is 0.486 e. The minimum absolute atomic E-state index is 0.0186. The van der Waals surface area contributed by atoms with E-state index in [2.05, 4.69) is 5.32 Å². The minimum atomic E-state index is -3.83. The highest BCUT2D eigenvalue weighted by atomic mass is 35.5. The van der Waals surface area contributed by atoms with Crippen molar-refractivity contribution >= 4 is 27.5 Å². The molecule has 1 heterocycles. The van der Waals surface area contributed by atoms with E-state index in [0.717, 1.165) is 0 Å². The van der Waals surface area contributed by atoms with E-state index >= 15 is 0 Å². The Hall–Kier alpha value is -2.13. The van der Waals surface area contributed by atoms with Crippen molar-refractivity contribution in [3.05, 3.63) is 59.6 Å². The number of carbonyl (C=O) groups excluding carboxylic acids is 1. The molecule has 9 heteroatoms. The Morgan fingerprint density at radius 1 is 1.20 bits per heavy atom. The van der Waals surface area contributed by atoms with Gasteiger partial charge in [0.2, 0.25) is 10.0 Å². The summed E-state index contributed by atoms with van der Waals surface area (Å²) in [4.78, 5) is 12.7. The van der Waals surface area contributed by atoms with E-state index in [-0.39, 0.29) is 36.2 Å². The van der Waals surface area contributed by atoms with Crippen molar-refractivity contribution in [3.63, 3.8) is 0 Å². The summed E-state index contributed by atoms with van der Waals surface area (Å²) in [5.41, 5.74) is -0.658. The number of amides is 1. The Kier molecular flexibility index (Phi) is 7.02. The highest BCUT2D eigenvalue weighted by Crippen LogP contribution is 2.25. The number of hydrogen-bond donors (Lipinski definition) is 1. The Morgan fingerprint density at radius 3 is 2.57 bits per heavy atom. The van der Waals surface area contributed by atoms with Gasteiger partial charge in [-0.15, -0.1) is 0 Å². The molecule has 0 unspecified atom stereocenters. The van der Waals surface area contributed by atoms with E-state index in [0.29, 0.717) is 5.75 Å². The first kappa shape index (κ1) is 22.6. The molecule has 3 rings (SSSR count). The van der Waals surface area contributed by atoms with Gasteiger partial charge in [0.25, 0.3) is 5.91 Å². The average Bonchev–Trinajstić information content (AvgIpc) is 2.73. The van der Waals surface area contributed by atoms with Crippen molar-refractivity contribution in [3.8, 4) is 5.75 Å². The lowest BCUT2D eigenvalue weighted by molar-refractivity contribution is -0.137. The summed E-state index contributed by atoms with van der Waals surface area (Å²) >= 11 is 6.06. The second-order valence-corrected chi connectivity index (χ2v) is 9.86. The maximum absolute atomic E-state index is 12.9. The van der Waals surface area contributed by atoms with Crippen LogP contribution in [0.15, 0.2) is 59.5 Å². The van der Waals surface area contributed by atoms with Gasteiger partial charge in [-0.3, -0.25) is 4.79 Å². The van der Waals surface area contributed by atoms with Crippen LogP contribution < -0.4 is 10.1 Å². The highest BCUT2D eigenvalue weighted by molar-refractivity contribution is 7.89. The minimum Gasteiger partial charge on any atom is -0.486 e. The van der Waals surface area contributed by atoms with E-state index in [9.17, 15) is 13.2 Å². The number of rotatable bonds is 7. The number of halogens is 1. The van der Waals surface area contributed by atoms with Crippen LogP contribution in [0.5, 0.6) is 5.75 Å². The molecule has 1 amide bonds. The van der Waals surface area contributed by atoms with Gasteiger partial charge in [-0.05, 0) is 38.1 Å². The molecule has 0 spiro atoms. The fourth-order valence-electron chi connectivity index (χ4n) is 3.05. The molecule has 1 atom stereocenters. The van der Waals surface area contributed by atoms with Crippen LogP contribution >= 0.6 is 11.6 Å². The van der Waals surface area contributed by atoms with Crippen LogP contribution in [-0.4, -0.2) is 56.6 Å². The monoisotopic (exact) mass is 452 g/mol. The van der Waals surface area contributed by atoms with Crippen LogP contribution in [0.2, 0.25) is 5.02 Å². The molecule has 2 aromatic carbocycles. The molecule has 0 saturated carbocycles. The molecule has 0 aromatic heterocycles. The van der Waals surface area contributed by atoms with Gasteiger partial charge >= 0.3 is 0 Å². The summed E-state index contributed by atoms with van der Waals surface area (Å²) in [7, 11) is -3.83. The third-order valence-corrected chi connectivity index (χ3v) is 6.97. The zero-order valence-corrected chi connectivity index (χ0v) is 18.4. The van der Waals surface area contributed by atoms with Crippen LogP contribution in [0, 0.1) is 0 Å². The van der Waals surface area contributed by atoms with Crippen LogP contribution in [0.3, 0.4) is 0 Å². The zero-order valence-electron chi connectivity index (χ0n) is 16.9. The van der Waals surface area contributed by atoms with Crippen molar-refractivity contribution < 1.29 is 22.7 Å². The van der Waals surface area contributed by atoms with Crippen LogP contribution in [0.1, 0.15) is 13.8 Å². The second kappa shape index (κ2) is 9.34. The second-order valence-electron chi connectivity index (χ2n) is 7.55. The van der Waals surface area contributed by atoms with Crippen LogP contribution in [0.4, 0.5) is 0 Å². The van der Waals surface area contributed by atoms with E-state index < -0.39 is 27.6 Å². The highest BCUT2D eigenvalue weighted by Gasteiger charge is 2.35. The third kappa shape index (κ3) is 5.51. The Morgan fingerprint density at radius 2 is 1.87 bits per heavy atom. The number of ether oxygens (including phenoxy) is 2. The first-order chi connectivity index (χ1) is 14.2. The fourth-order valence-corrected chi connectivity index (χ4v) is 4.97. The van der Waals surface area contributed by atoms with Gasteiger partial charge in [0.1, 0.15) is 22.4 Å². The molecular formula is C21H25ClN2O5S. The van der Waals surface area contributed by atoms with Crippen LogP contribution in [0.25, 0.3) is 0 Å². The lowest BCUT2D eigenvalue weighted by atomic mass is 10.1. The SMILES string of the molecule is CC(C)(CNC(=O)[C@H]1CN(S(=O)(=O)c2ccccc2Cl)CCO1)Oc1ccccc1. The number of carbonyl (C=O) groups is 1. The van der Waals surface area contributed by atoms with Crippen molar-refractivity contribution in [2.24, 2.45) is 0 Å². The molecule has 0 bridgehead atoms. The van der Waals surface area contributed by atoms with Gasteiger partial charge in [-0.1, -0.05) is 41.9 Å². The topological polar surface area (TPSA) is 84.9 Å². The molecule has 30 heavy (non-hydrogen) atoms. The maximum Gasteiger partial charge on any atom is 0.250 e. The number of nitrogens with one attached hydrogen (secondary N) is 1. The maximum atomic E-state index is 12.9. The molecule has 7 nitrogen and oxygen atoms in total. The molecule has 1 fully saturated rings. The average molecular weight is 453 g/mol. The van der Waals surface area contributed by atoms with E-state index in [1.807, 2.05) is 44.2 Å². The molecule has 2 aromatic rings. The fraction of sp³-hybridized carbons (Fsp3) is 0.381. The van der Waals surface area contributed by atoms with Crippen molar-refractivity contribution in [1.82, 2.24) is 9.62 Å². The predicted octanol–water partition coefficient (Wildman–Crippen LogP) is 2.70. The van der Waals surface area contributed by atoms with E-state index in [1.165, 1.54) is 16.4 Å². The number of benzene rings is 2. The standard InChI is InChI=1S/C21H25ClN2O5S/c1-21(2,29-16-8-4-3-5-9-16)15-23-20(25)18-14-24(12-13-28-18)30(26,27)19-11-7-6-10-17(19)22/h3-11,18H,12-15H2,1-2H3,(H,23,25)/t18-/m1/s1. The van der Waals surface area contributed by atoms with E-state index in [4.69, 9.17) is 21.1 Å². The molecule has 1 aliphatic heterocycles. The quantitative estimate of drug-likeness (QED) is 0.698. The predicted molar refractivity (Wildman–Crippen MR) is 114 cm³/mol. The molecule has 162 valence electrons. The first-order valence-electron chi connectivity index (χ1n) is 9.57. The van der Waals surface area contributed by atoms with Crippen molar-refractivity contribution in [2.45, 2.75) is 30.4 Å². The van der Waals surface area contributed by atoms with Gasteiger partial charge in [0.05, 0.1) is 18.2 Å².